The van der Waals surface area contributed by atoms with Gasteiger partial charge in [-0.05, 0) is 66.1 Å². The number of nitrogens with one attached hydrogen (secondary N) is 1. The molecule has 0 aromatic heterocycles. The fourth-order valence-electron chi connectivity index (χ4n) is 4.48. The minimum atomic E-state index is -4.43. The third-order valence-corrected chi connectivity index (χ3v) is 6.52. The molecule has 0 bridgehead atoms. The van der Waals surface area contributed by atoms with Crippen LogP contribution in [0.4, 0.5) is 18.0 Å². The highest BCUT2D eigenvalue weighted by Gasteiger charge is 2.33. The Balaban J connectivity index is 1.48. The van der Waals surface area contributed by atoms with Gasteiger partial charge in [-0.15, -0.1) is 0 Å². The summed E-state index contributed by atoms with van der Waals surface area (Å²) in [5.41, 5.74) is 1.69. The van der Waals surface area contributed by atoms with Gasteiger partial charge < -0.3 is 15.0 Å². The van der Waals surface area contributed by atoms with Gasteiger partial charge in [-0.1, -0.05) is 24.3 Å². The molecule has 4 rings (SSSR count). The van der Waals surface area contributed by atoms with Crippen LogP contribution in [0.25, 0.3) is 0 Å². The van der Waals surface area contributed by atoms with Gasteiger partial charge >= 0.3 is 12.3 Å². The van der Waals surface area contributed by atoms with Crippen molar-refractivity contribution in [2.75, 3.05) is 27.2 Å². The van der Waals surface area contributed by atoms with Crippen molar-refractivity contribution in [1.29, 1.82) is 5.26 Å². The second-order valence-corrected chi connectivity index (χ2v) is 9.50. The van der Waals surface area contributed by atoms with Crippen LogP contribution in [0.2, 0.25) is 0 Å². The van der Waals surface area contributed by atoms with E-state index in [4.69, 9.17) is 10.00 Å². The second-order valence-electron chi connectivity index (χ2n) is 9.50. The van der Waals surface area contributed by atoms with Crippen molar-refractivity contribution in [2.24, 2.45) is 0 Å². The van der Waals surface area contributed by atoms with Crippen molar-refractivity contribution in [3.63, 3.8) is 0 Å². The summed E-state index contributed by atoms with van der Waals surface area (Å²) in [4.78, 5) is 28.0. The maximum Gasteiger partial charge on any atom is 0.416 e. The number of likely N-dealkylation sites (tertiary alicyclic amines) is 1. The Morgan fingerprint density at radius 3 is 2.13 bits per heavy atom. The molecule has 1 N–H and O–H groups in total. The molecule has 3 aromatic rings. The highest BCUT2D eigenvalue weighted by molar-refractivity contribution is 5.94. The molecule has 7 nitrogen and oxygen atoms in total. The molecular weight excluding hydrogens is 509 g/mol. The van der Waals surface area contributed by atoms with Crippen molar-refractivity contribution in [3.05, 3.63) is 101 Å². The summed E-state index contributed by atoms with van der Waals surface area (Å²) in [6.45, 7) is 1.09. The monoisotopic (exact) mass is 536 g/mol. The zero-order valence-corrected chi connectivity index (χ0v) is 21.4. The van der Waals surface area contributed by atoms with Crippen molar-refractivity contribution in [2.45, 2.75) is 24.7 Å². The lowest BCUT2D eigenvalue weighted by Gasteiger charge is -2.29. The Labute approximate surface area is 224 Å². The van der Waals surface area contributed by atoms with Gasteiger partial charge in [0.15, 0.2) is 0 Å². The molecule has 0 radical (unpaired) electrons. The number of amides is 2. The molecule has 3 aromatic carbocycles. The van der Waals surface area contributed by atoms with Crippen molar-refractivity contribution < 1.29 is 27.5 Å². The van der Waals surface area contributed by atoms with Crippen LogP contribution in [0.5, 0.6) is 5.75 Å². The number of alkyl halides is 3. The van der Waals surface area contributed by atoms with Gasteiger partial charge in [-0.25, -0.2) is 4.79 Å². The van der Waals surface area contributed by atoms with E-state index >= 15 is 0 Å². The lowest BCUT2D eigenvalue weighted by Crippen LogP contribution is -2.38. The molecule has 39 heavy (non-hydrogen) atoms. The minimum Gasteiger partial charge on any atom is -0.410 e. The van der Waals surface area contributed by atoms with Crippen molar-refractivity contribution in [1.82, 2.24) is 15.1 Å². The highest BCUT2D eigenvalue weighted by atomic mass is 19.4. The molecule has 1 fully saturated rings. The molecule has 1 aliphatic rings. The molecule has 2 atom stereocenters. The number of hydrogen-bond acceptors (Lipinski definition) is 5. The summed E-state index contributed by atoms with van der Waals surface area (Å²) in [5, 5.41) is 12.2. The van der Waals surface area contributed by atoms with Gasteiger partial charge in [0.05, 0.1) is 23.2 Å². The molecule has 10 heteroatoms. The van der Waals surface area contributed by atoms with Crippen molar-refractivity contribution >= 4 is 12.0 Å². The smallest absolute Gasteiger partial charge is 0.410 e. The van der Waals surface area contributed by atoms with Crippen LogP contribution in [0, 0.1) is 11.3 Å². The van der Waals surface area contributed by atoms with Gasteiger partial charge in [0.2, 0.25) is 0 Å². The largest absolute Gasteiger partial charge is 0.416 e. The Morgan fingerprint density at radius 1 is 1.00 bits per heavy atom. The number of halogens is 3. The van der Waals surface area contributed by atoms with E-state index in [0.717, 1.165) is 17.7 Å². The normalized spacial score (nSPS) is 16.3. The quantitative estimate of drug-likeness (QED) is 0.466. The van der Waals surface area contributed by atoms with Crippen LogP contribution in [0.15, 0.2) is 72.8 Å². The summed E-state index contributed by atoms with van der Waals surface area (Å²) in [5.74, 6) is 0.0379. The summed E-state index contributed by atoms with van der Waals surface area (Å²) in [6.07, 6.45) is -4.31. The average molecular weight is 537 g/mol. The SMILES string of the molecule is CN(C)C(=O)Oc1ccc(C(=O)N[C@@H]2CCN(C(c3ccc(C#N)cc3)c3ccc(C(F)(F)F)cc3)C2)cc1. The maximum absolute atomic E-state index is 13.1. The maximum atomic E-state index is 13.1. The highest BCUT2D eigenvalue weighted by Crippen LogP contribution is 2.35. The number of ether oxygens (including phenoxy) is 1. The van der Waals surface area contributed by atoms with Gasteiger partial charge in [-0.2, -0.15) is 18.4 Å². The Hall–Kier alpha value is -4.36. The van der Waals surface area contributed by atoms with Gasteiger partial charge in [-0.3, -0.25) is 9.69 Å². The average Bonchev–Trinajstić information content (AvgIpc) is 3.37. The summed E-state index contributed by atoms with van der Waals surface area (Å²) >= 11 is 0. The van der Waals surface area contributed by atoms with E-state index < -0.39 is 17.8 Å². The molecule has 1 unspecified atom stereocenters. The number of nitrogens with zero attached hydrogens (tertiary/aromatic N) is 3. The van der Waals surface area contributed by atoms with Crippen LogP contribution in [0.3, 0.4) is 0 Å². The van der Waals surface area contributed by atoms with E-state index in [9.17, 15) is 22.8 Å². The molecule has 0 spiro atoms. The second kappa shape index (κ2) is 11.6. The van der Waals surface area contributed by atoms with E-state index in [0.29, 0.717) is 42.0 Å². The number of benzene rings is 3. The summed E-state index contributed by atoms with van der Waals surface area (Å²) in [7, 11) is 3.14. The molecule has 1 heterocycles. The van der Waals surface area contributed by atoms with Crippen LogP contribution < -0.4 is 10.1 Å². The van der Waals surface area contributed by atoms with E-state index in [1.807, 2.05) is 0 Å². The summed E-state index contributed by atoms with van der Waals surface area (Å²) < 4.78 is 44.6. The molecule has 202 valence electrons. The number of carbonyl (C=O) groups is 2. The van der Waals surface area contributed by atoms with E-state index in [2.05, 4.69) is 16.3 Å². The molecule has 1 aliphatic heterocycles. The Bertz CT molecular complexity index is 1350. The van der Waals surface area contributed by atoms with Crippen molar-refractivity contribution in [3.8, 4) is 11.8 Å². The number of nitriles is 1. The third-order valence-electron chi connectivity index (χ3n) is 6.52. The standard InChI is InChI=1S/C29H27F3N4O3/c1-35(2)28(38)39-25-13-9-22(10-14-25)27(37)34-24-15-16-36(18-24)26(20-5-3-19(17-33)4-6-20)21-7-11-23(12-8-21)29(30,31)32/h3-14,24,26H,15-16,18H2,1-2H3,(H,34,37)/t24-,26?/m1/s1. The fourth-order valence-corrected chi connectivity index (χ4v) is 4.48. The first-order valence-electron chi connectivity index (χ1n) is 12.3. The predicted molar refractivity (Wildman–Crippen MR) is 138 cm³/mol. The lowest BCUT2D eigenvalue weighted by molar-refractivity contribution is -0.137. The molecule has 0 aliphatic carbocycles. The van der Waals surface area contributed by atoms with Gasteiger partial charge in [0.25, 0.3) is 5.91 Å². The predicted octanol–water partition coefficient (Wildman–Crippen LogP) is 5.23. The third kappa shape index (κ3) is 6.75. The molecular formula is C29H27F3N4O3. The van der Waals surface area contributed by atoms with E-state index in [1.54, 1.807) is 62.6 Å². The topological polar surface area (TPSA) is 85.7 Å². The first kappa shape index (κ1) is 27.7. The lowest BCUT2D eigenvalue weighted by atomic mass is 9.95. The molecule has 0 saturated carbocycles. The van der Waals surface area contributed by atoms with Crippen LogP contribution in [-0.4, -0.2) is 55.0 Å². The van der Waals surface area contributed by atoms with Crippen LogP contribution in [0.1, 0.15) is 45.1 Å². The zero-order valence-electron chi connectivity index (χ0n) is 21.4. The molecule has 2 amide bonds. The first-order valence-corrected chi connectivity index (χ1v) is 12.3. The zero-order chi connectivity index (χ0) is 28.2. The van der Waals surface area contributed by atoms with Crippen LogP contribution in [-0.2, 0) is 6.18 Å². The minimum absolute atomic E-state index is 0.181. The number of hydrogen-bond donors (Lipinski definition) is 1. The number of carbonyl (C=O) groups excluding carboxylic acids is 2. The fraction of sp³-hybridized carbons (Fsp3) is 0.276. The van der Waals surface area contributed by atoms with Gasteiger partial charge in [0, 0.05) is 38.8 Å². The Kier molecular flexibility index (Phi) is 8.21. The van der Waals surface area contributed by atoms with Gasteiger partial charge in [0.1, 0.15) is 5.75 Å². The summed E-state index contributed by atoms with van der Waals surface area (Å²) in [6, 6.07) is 19.8. The van der Waals surface area contributed by atoms with E-state index in [-0.39, 0.29) is 18.0 Å². The molecule has 1 saturated heterocycles. The van der Waals surface area contributed by atoms with E-state index in [1.165, 1.54) is 17.0 Å². The Morgan fingerprint density at radius 2 is 1.59 bits per heavy atom. The first-order chi connectivity index (χ1) is 18.5. The van der Waals surface area contributed by atoms with Crippen LogP contribution >= 0.6 is 0 Å². The number of rotatable bonds is 6.